The van der Waals surface area contributed by atoms with Gasteiger partial charge in [0.2, 0.25) is 0 Å². The number of aliphatic hydroxyl groups is 1. The van der Waals surface area contributed by atoms with Crippen LogP contribution in [0.5, 0.6) is 0 Å². The molecular weight excluding hydrogens is 263 g/mol. The first-order valence-corrected chi connectivity index (χ1v) is 7.07. The van der Waals surface area contributed by atoms with Crippen LogP contribution in [0.25, 0.3) is 0 Å². The molecule has 0 bridgehead atoms. The highest BCUT2D eigenvalue weighted by Crippen LogP contribution is 2.22. The van der Waals surface area contributed by atoms with E-state index < -0.39 is 5.67 Å². The summed E-state index contributed by atoms with van der Waals surface area (Å²) in [5.41, 5.74) is 1.70. The Labute approximate surface area is 127 Å². The Morgan fingerprint density at radius 2 is 1.90 bits per heavy atom. The zero-order valence-corrected chi connectivity index (χ0v) is 12.9. The zero-order chi connectivity index (χ0) is 15.9. The Balaban J connectivity index is 2.81. The normalized spacial score (nSPS) is 14.2. The molecule has 0 saturated heterocycles. The van der Waals surface area contributed by atoms with Crippen LogP contribution in [0, 0.1) is 18.3 Å². The fourth-order valence-electron chi connectivity index (χ4n) is 1.76. The number of rotatable bonds is 6. The van der Waals surface area contributed by atoms with E-state index in [2.05, 4.69) is 5.92 Å². The minimum absolute atomic E-state index is 0.0380. The number of terminal acetylenes is 1. The van der Waals surface area contributed by atoms with Crippen molar-refractivity contribution in [2.75, 3.05) is 0 Å². The first-order valence-electron chi connectivity index (χ1n) is 7.07. The van der Waals surface area contributed by atoms with Gasteiger partial charge in [-0.25, -0.2) is 4.39 Å². The summed E-state index contributed by atoms with van der Waals surface area (Å²) in [5.74, 6) is 2.34. The molecule has 1 rings (SSSR count). The molecule has 0 amide bonds. The number of halogens is 1. The van der Waals surface area contributed by atoms with E-state index in [1.54, 1.807) is 19.9 Å². The second-order valence-electron chi connectivity index (χ2n) is 5.75. The predicted molar refractivity (Wildman–Crippen MR) is 86.5 cm³/mol. The maximum atomic E-state index is 13.8. The van der Waals surface area contributed by atoms with Crippen LogP contribution in [0.2, 0.25) is 0 Å². The van der Waals surface area contributed by atoms with Gasteiger partial charge in [0, 0.05) is 5.92 Å². The summed E-state index contributed by atoms with van der Waals surface area (Å²) in [5, 5.41) is 9.03. The van der Waals surface area contributed by atoms with Crippen LogP contribution in [0.15, 0.2) is 48.1 Å². The average molecular weight is 286 g/mol. The summed E-state index contributed by atoms with van der Waals surface area (Å²) in [6.45, 7) is 5.02. The summed E-state index contributed by atoms with van der Waals surface area (Å²) in [4.78, 5) is 0. The summed E-state index contributed by atoms with van der Waals surface area (Å²) >= 11 is 0. The molecule has 1 atom stereocenters. The van der Waals surface area contributed by atoms with Crippen LogP contribution in [0.4, 0.5) is 4.39 Å². The van der Waals surface area contributed by atoms with Crippen molar-refractivity contribution in [2.45, 2.75) is 39.5 Å². The fraction of sp³-hybridized carbons (Fsp3) is 0.368. The van der Waals surface area contributed by atoms with Gasteiger partial charge in [0.05, 0.1) is 6.61 Å². The number of aliphatic hydroxyl groups excluding tert-OH is 1. The summed E-state index contributed by atoms with van der Waals surface area (Å²) in [6, 6.07) is 7.71. The van der Waals surface area contributed by atoms with E-state index in [1.807, 2.05) is 43.3 Å². The highest BCUT2D eigenvalue weighted by Gasteiger charge is 2.22. The van der Waals surface area contributed by atoms with Gasteiger partial charge in [-0.3, -0.25) is 0 Å². The van der Waals surface area contributed by atoms with Crippen molar-refractivity contribution in [3.05, 3.63) is 59.2 Å². The zero-order valence-electron chi connectivity index (χ0n) is 12.9. The third kappa shape index (κ3) is 5.97. The van der Waals surface area contributed by atoms with Gasteiger partial charge in [0.15, 0.2) is 0 Å². The number of benzene rings is 1. The van der Waals surface area contributed by atoms with Gasteiger partial charge in [0.1, 0.15) is 5.67 Å². The van der Waals surface area contributed by atoms with Crippen LogP contribution in [-0.2, 0) is 13.0 Å². The molecule has 0 aliphatic heterocycles. The lowest BCUT2D eigenvalue weighted by molar-refractivity contribution is 0.165. The molecule has 1 nitrogen and oxygen atoms in total. The van der Waals surface area contributed by atoms with Crippen LogP contribution >= 0.6 is 0 Å². The van der Waals surface area contributed by atoms with Crippen molar-refractivity contribution in [1.82, 2.24) is 0 Å². The van der Waals surface area contributed by atoms with Crippen molar-refractivity contribution in [3.63, 3.8) is 0 Å². The number of hydrogen-bond acceptors (Lipinski definition) is 1. The lowest BCUT2D eigenvalue weighted by atomic mass is 9.93. The van der Waals surface area contributed by atoms with E-state index in [0.717, 1.165) is 16.7 Å². The van der Waals surface area contributed by atoms with Crippen LogP contribution < -0.4 is 0 Å². The molecular formula is C19H23FO. The molecule has 1 N–H and O–H groups in total. The van der Waals surface area contributed by atoms with Gasteiger partial charge in [-0.1, -0.05) is 49.3 Å². The molecule has 21 heavy (non-hydrogen) atoms. The minimum atomic E-state index is -1.25. The SMILES string of the molecule is C#C/C=C(\C=CC(C)C(C)(C)F)Cc1ccc(CO)cc1. The molecule has 0 aromatic heterocycles. The van der Waals surface area contributed by atoms with E-state index in [-0.39, 0.29) is 12.5 Å². The van der Waals surface area contributed by atoms with Gasteiger partial charge in [0.25, 0.3) is 0 Å². The third-order valence-corrected chi connectivity index (χ3v) is 3.56. The maximum absolute atomic E-state index is 13.8. The van der Waals surface area contributed by atoms with Crippen LogP contribution in [0.1, 0.15) is 31.9 Å². The number of hydrogen-bond donors (Lipinski definition) is 1. The Hall–Kier alpha value is -1.85. The first kappa shape index (κ1) is 17.2. The summed E-state index contributed by atoms with van der Waals surface area (Å²) < 4.78 is 13.8. The fourth-order valence-corrected chi connectivity index (χ4v) is 1.76. The molecule has 0 radical (unpaired) electrons. The summed E-state index contributed by atoms with van der Waals surface area (Å²) in [6.07, 6.45) is 11.5. The Morgan fingerprint density at radius 1 is 1.33 bits per heavy atom. The molecule has 1 aromatic rings. The monoisotopic (exact) mass is 286 g/mol. The molecule has 1 unspecified atom stereocenters. The Bertz CT molecular complexity index is 538. The number of allylic oxidation sites excluding steroid dienone is 4. The van der Waals surface area contributed by atoms with Crippen molar-refractivity contribution in [2.24, 2.45) is 5.92 Å². The molecule has 0 saturated carbocycles. The minimum Gasteiger partial charge on any atom is -0.392 e. The maximum Gasteiger partial charge on any atom is 0.111 e. The van der Waals surface area contributed by atoms with Gasteiger partial charge >= 0.3 is 0 Å². The van der Waals surface area contributed by atoms with Crippen LogP contribution in [-0.4, -0.2) is 10.8 Å². The van der Waals surface area contributed by atoms with Crippen molar-refractivity contribution in [3.8, 4) is 12.3 Å². The molecule has 0 aliphatic carbocycles. The van der Waals surface area contributed by atoms with E-state index in [1.165, 1.54) is 0 Å². The lowest BCUT2D eigenvalue weighted by Crippen LogP contribution is -2.21. The van der Waals surface area contributed by atoms with E-state index >= 15 is 0 Å². The molecule has 2 heteroatoms. The Morgan fingerprint density at radius 3 is 2.38 bits per heavy atom. The second kappa shape index (κ2) is 7.81. The highest BCUT2D eigenvalue weighted by molar-refractivity contribution is 5.34. The molecule has 112 valence electrons. The van der Waals surface area contributed by atoms with E-state index in [9.17, 15) is 4.39 Å². The van der Waals surface area contributed by atoms with Crippen molar-refractivity contribution < 1.29 is 9.50 Å². The Kier molecular flexibility index (Phi) is 6.39. The molecule has 0 heterocycles. The molecule has 0 spiro atoms. The largest absolute Gasteiger partial charge is 0.392 e. The topological polar surface area (TPSA) is 20.2 Å². The number of alkyl halides is 1. The predicted octanol–water partition coefficient (Wildman–Crippen LogP) is 4.22. The van der Waals surface area contributed by atoms with Crippen molar-refractivity contribution in [1.29, 1.82) is 0 Å². The van der Waals surface area contributed by atoms with Crippen molar-refractivity contribution >= 4 is 0 Å². The quantitative estimate of drug-likeness (QED) is 0.613. The van der Waals surface area contributed by atoms with Gasteiger partial charge in [-0.05, 0) is 43.0 Å². The molecule has 0 fully saturated rings. The molecule has 0 aliphatic rings. The summed E-state index contributed by atoms with van der Waals surface area (Å²) in [7, 11) is 0. The molecule has 1 aromatic carbocycles. The average Bonchev–Trinajstić information content (AvgIpc) is 2.44. The standard InChI is InChI=1S/C19H23FO/c1-5-6-16(8-7-15(2)19(3,4)20)13-17-9-11-18(14-21)12-10-17/h1,6-12,15,21H,13-14H2,2-4H3/b8-7?,16-6+. The third-order valence-electron chi connectivity index (χ3n) is 3.56. The van der Waals surface area contributed by atoms with E-state index in [0.29, 0.717) is 6.42 Å². The van der Waals surface area contributed by atoms with Gasteiger partial charge in [-0.2, -0.15) is 0 Å². The lowest BCUT2D eigenvalue weighted by Gasteiger charge is -2.19. The van der Waals surface area contributed by atoms with Gasteiger partial charge in [-0.15, -0.1) is 6.42 Å². The first-order chi connectivity index (χ1) is 9.86. The van der Waals surface area contributed by atoms with E-state index in [4.69, 9.17) is 11.5 Å². The smallest absolute Gasteiger partial charge is 0.111 e. The highest BCUT2D eigenvalue weighted by atomic mass is 19.1. The van der Waals surface area contributed by atoms with Gasteiger partial charge < -0.3 is 5.11 Å². The second-order valence-corrected chi connectivity index (χ2v) is 5.75. The van der Waals surface area contributed by atoms with Crippen LogP contribution in [0.3, 0.4) is 0 Å².